The molecule has 0 unspecified atom stereocenters. The quantitative estimate of drug-likeness (QED) is 0.764. The first kappa shape index (κ1) is 12.6. The molecule has 0 bridgehead atoms. The van der Waals surface area contributed by atoms with Gasteiger partial charge in [-0.3, -0.25) is 9.69 Å². The molecule has 3 saturated heterocycles. The molecule has 2 atom stereocenters. The number of hydrogen-bond donors (Lipinski definition) is 0. The number of carbonyl (C=O) groups is 2. The maximum Gasteiger partial charge on any atom is 0.327 e. The number of fused-ring (bicyclic) bond motifs is 1. The summed E-state index contributed by atoms with van der Waals surface area (Å²) in [7, 11) is 0. The molecule has 3 aliphatic rings. The summed E-state index contributed by atoms with van der Waals surface area (Å²) in [4.78, 5) is 34.6. The van der Waals surface area contributed by atoms with Crippen LogP contribution >= 0.6 is 0 Å². The first-order valence-electron chi connectivity index (χ1n) is 7.55. The normalized spacial score (nSPS) is 28.7. The fourth-order valence-electron chi connectivity index (χ4n) is 3.68. The third-order valence-electron chi connectivity index (χ3n) is 4.73. The molecule has 4 rings (SSSR count). The van der Waals surface area contributed by atoms with Crippen LogP contribution in [-0.4, -0.2) is 58.4 Å². The Morgan fingerprint density at radius 3 is 2.81 bits per heavy atom. The first-order chi connectivity index (χ1) is 10.3. The first-order valence-corrected chi connectivity index (χ1v) is 7.55. The maximum atomic E-state index is 12.5. The molecule has 4 heterocycles. The average Bonchev–Trinajstić information content (AvgIpc) is 3.20. The second-order valence-electron chi connectivity index (χ2n) is 5.92. The van der Waals surface area contributed by atoms with Crippen molar-refractivity contribution in [2.45, 2.75) is 31.3 Å². The number of pyridine rings is 1. The summed E-state index contributed by atoms with van der Waals surface area (Å²) in [6.07, 6.45) is 4.36. The van der Waals surface area contributed by atoms with E-state index in [2.05, 4.69) is 9.88 Å². The maximum absolute atomic E-state index is 12.5. The Kier molecular flexibility index (Phi) is 2.83. The third kappa shape index (κ3) is 1.89. The van der Waals surface area contributed by atoms with Crippen molar-refractivity contribution < 1.29 is 9.59 Å². The number of carbonyl (C=O) groups excluding carboxylic acids is 2. The highest BCUT2D eigenvalue weighted by atomic mass is 16.2. The van der Waals surface area contributed by atoms with Crippen LogP contribution in [0.15, 0.2) is 24.4 Å². The van der Waals surface area contributed by atoms with Gasteiger partial charge in [0.25, 0.3) is 5.91 Å². The molecule has 3 fully saturated rings. The van der Waals surface area contributed by atoms with E-state index in [-0.39, 0.29) is 24.0 Å². The highest BCUT2D eigenvalue weighted by molar-refractivity contribution is 6.05. The van der Waals surface area contributed by atoms with Gasteiger partial charge in [0.05, 0.1) is 6.04 Å². The predicted octanol–water partition coefficient (Wildman–Crippen LogP) is 1.09. The van der Waals surface area contributed by atoms with Crippen LogP contribution in [0.3, 0.4) is 0 Å². The Hall–Kier alpha value is -2.11. The molecular formula is C15H18N4O2. The molecule has 1 aromatic heterocycles. The van der Waals surface area contributed by atoms with Gasteiger partial charge in [0.1, 0.15) is 11.9 Å². The van der Waals surface area contributed by atoms with Crippen LogP contribution in [0, 0.1) is 0 Å². The lowest BCUT2D eigenvalue weighted by Gasteiger charge is -2.23. The molecule has 21 heavy (non-hydrogen) atoms. The molecule has 0 N–H and O–H groups in total. The molecule has 6 nitrogen and oxygen atoms in total. The minimum atomic E-state index is -0.193. The smallest absolute Gasteiger partial charge is 0.327 e. The van der Waals surface area contributed by atoms with Crippen molar-refractivity contribution in [2.24, 2.45) is 0 Å². The number of amides is 3. The second-order valence-corrected chi connectivity index (χ2v) is 5.92. The zero-order valence-electron chi connectivity index (χ0n) is 11.8. The van der Waals surface area contributed by atoms with Gasteiger partial charge in [-0.05, 0) is 31.4 Å². The van der Waals surface area contributed by atoms with Crippen molar-refractivity contribution in [3.63, 3.8) is 0 Å². The number of imide groups is 1. The average molecular weight is 286 g/mol. The number of nitrogens with zero attached hydrogens (tertiary/aromatic N) is 4. The van der Waals surface area contributed by atoms with E-state index in [9.17, 15) is 9.59 Å². The highest BCUT2D eigenvalue weighted by Crippen LogP contribution is 2.31. The van der Waals surface area contributed by atoms with Crippen LogP contribution in [0.4, 0.5) is 10.6 Å². The largest absolute Gasteiger partial charge is 0.354 e. The molecule has 110 valence electrons. The van der Waals surface area contributed by atoms with Gasteiger partial charge in [0, 0.05) is 25.8 Å². The summed E-state index contributed by atoms with van der Waals surface area (Å²) in [6, 6.07) is 5.51. The lowest BCUT2D eigenvalue weighted by molar-refractivity contribution is -0.129. The Bertz CT molecular complexity index is 554. The molecule has 1 aromatic rings. The molecule has 0 spiro atoms. The summed E-state index contributed by atoms with van der Waals surface area (Å²) < 4.78 is 0. The van der Waals surface area contributed by atoms with E-state index < -0.39 is 0 Å². The molecular weight excluding hydrogens is 268 g/mol. The van der Waals surface area contributed by atoms with Gasteiger partial charge in [0.2, 0.25) is 0 Å². The van der Waals surface area contributed by atoms with E-state index >= 15 is 0 Å². The molecule has 0 saturated carbocycles. The Balaban J connectivity index is 1.51. The van der Waals surface area contributed by atoms with Crippen LogP contribution in [-0.2, 0) is 4.79 Å². The Morgan fingerprint density at radius 1 is 1.14 bits per heavy atom. The standard InChI is InChI=1S/C15H18N4O2/c20-14-12-4-3-8-18(12)15(21)19(14)11-6-9-17(10-11)13-5-1-2-7-16-13/h1-2,5,7,11-12H,3-4,6,8-10H2/t11-,12-/m1/s1. The van der Waals surface area contributed by atoms with Crippen LogP contribution in [0.25, 0.3) is 0 Å². The van der Waals surface area contributed by atoms with Crippen molar-refractivity contribution >= 4 is 17.8 Å². The minimum absolute atomic E-state index is 0.00497. The van der Waals surface area contributed by atoms with Crippen molar-refractivity contribution in [3.05, 3.63) is 24.4 Å². The van der Waals surface area contributed by atoms with E-state index in [0.29, 0.717) is 6.54 Å². The second kappa shape index (κ2) is 4.72. The van der Waals surface area contributed by atoms with Crippen molar-refractivity contribution in [3.8, 4) is 0 Å². The lowest BCUT2D eigenvalue weighted by atomic mass is 10.2. The van der Waals surface area contributed by atoms with Crippen LogP contribution < -0.4 is 4.90 Å². The molecule has 3 amide bonds. The summed E-state index contributed by atoms with van der Waals surface area (Å²) in [5, 5.41) is 0. The fourth-order valence-corrected chi connectivity index (χ4v) is 3.68. The van der Waals surface area contributed by atoms with Gasteiger partial charge >= 0.3 is 6.03 Å². The van der Waals surface area contributed by atoms with Crippen molar-refractivity contribution in [2.75, 3.05) is 24.5 Å². The van der Waals surface area contributed by atoms with E-state index in [1.54, 1.807) is 11.1 Å². The zero-order valence-corrected chi connectivity index (χ0v) is 11.8. The molecule has 0 aliphatic carbocycles. The number of urea groups is 1. The summed E-state index contributed by atoms with van der Waals surface area (Å²) >= 11 is 0. The highest BCUT2D eigenvalue weighted by Gasteiger charge is 2.50. The Labute approximate surface area is 123 Å². The van der Waals surface area contributed by atoms with Crippen LogP contribution in [0.5, 0.6) is 0 Å². The van der Waals surface area contributed by atoms with E-state index in [0.717, 1.165) is 38.2 Å². The van der Waals surface area contributed by atoms with Gasteiger partial charge in [0.15, 0.2) is 0 Å². The summed E-state index contributed by atoms with van der Waals surface area (Å²) in [5.74, 6) is 0.921. The topological polar surface area (TPSA) is 56.8 Å². The molecule has 0 aromatic carbocycles. The van der Waals surface area contributed by atoms with Gasteiger partial charge < -0.3 is 9.80 Å². The third-order valence-corrected chi connectivity index (χ3v) is 4.73. The minimum Gasteiger partial charge on any atom is -0.354 e. The van der Waals surface area contributed by atoms with Gasteiger partial charge in [-0.25, -0.2) is 9.78 Å². The number of hydrogen-bond acceptors (Lipinski definition) is 4. The van der Waals surface area contributed by atoms with E-state index in [1.807, 2.05) is 18.2 Å². The van der Waals surface area contributed by atoms with E-state index in [4.69, 9.17) is 0 Å². The number of aromatic nitrogens is 1. The monoisotopic (exact) mass is 286 g/mol. The molecule has 0 radical (unpaired) electrons. The number of rotatable bonds is 2. The number of anilines is 1. The fraction of sp³-hybridized carbons (Fsp3) is 0.533. The summed E-state index contributed by atoms with van der Waals surface area (Å²) in [5.41, 5.74) is 0. The van der Waals surface area contributed by atoms with Crippen molar-refractivity contribution in [1.82, 2.24) is 14.8 Å². The zero-order chi connectivity index (χ0) is 14.4. The van der Waals surface area contributed by atoms with Crippen LogP contribution in [0.1, 0.15) is 19.3 Å². The van der Waals surface area contributed by atoms with Gasteiger partial charge in [-0.1, -0.05) is 6.07 Å². The van der Waals surface area contributed by atoms with Crippen LogP contribution in [0.2, 0.25) is 0 Å². The van der Waals surface area contributed by atoms with Gasteiger partial charge in [-0.2, -0.15) is 0 Å². The van der Waals surface area contributed by atoms with E-state index in [1.165, 1.54) is 4.90 Å². The van der Waals surface area contributed by atoms with Crippen molar-refractivity contribution in [1.29, 1.82) is 0 Å². The summed E-state index contributed by atoms with van der Waals surface area (Å²) in [6.45, 7) is 2.25. The molecule has 6 heteroatoms. The molecule has 3 aliphatic heterocycles. The Morgan fingerprint density at radius 2 is 2.05 bits per heavy atom. The SMILES string of the molecule is O=C1[C@H]2CCCN2C(=O)N1[C@@H]1CCN(c2ccccn2)C1. The van der Waals surface area contributed by atoms with Gasteiger partial charge in [-0.15, -0.1) is 0 Å². The predicted molar refractivity (Wildman–Crippen MR) is 76.8 cm³/mol. The lowest BCUT2D eigenvalue weighted by Crippen LogP contribution is -2.43.